The topological polar surface area (TPSA) is 81.2 Å². The largest absolute Gasteiger partial charge is 0.474 e. The van der Waals surface area contributed by atoms with E-state index in [2.05, 4.69) is 14.7 Å². The van der Waals surface area contributed by atoms with Crippen LogP contribution < -0.4 is 9.46 Å². The lowest BCUT2D eigenvalue weighted by molar-refractivity contribution is 0.199. The van der Waals surface area contributed by atoms with Crippen molar-refractivity contribution in [3.05, 3.63) is 59.9 Å². The molecular formula is C21H23N3O3S. The summed E-state index contributed by atoms with van der Waals surface area (Å²) in [7, 11) is -3.72. The summed E-state index contributed by atoms with van der Waals surface area (Å²) in [5.74, 6) is 0.507. The Morgan fingerprint density at radius 3 is 2.64 bits per heavy atom. The Kier molecular flexibility index (Phi) is 5.28. The third-order valence-corrected chi connectivity index (χ3v) is 6.56. The van der Waals surface area contributed by atoms with Gasteiger partial charge in [0.1, 0.15) is 6.10 Å². The third kappa shape index (κ3) is 3.86. The van der Waals surface area contributed by atoms with Gasteiger partial charge in [-0.15, -0.1) is 0 Å². The van der Waals surface area contributed by atoms with Gasteiger partial charge in [-0.25, -0.2) is 18.1 Å². The number of nitrogens with one attached hydrogen (secondary N) is 1. The summed E-state index contributed by atoms with van der Waals surface area (Å²) in [5, 5.41) is 0.614. The summed E-state index contributed by atoms with van der Waals surface area (Å²) in [6.07, 6.45) is 7.86. The molecule has 7 heteroatoms. The van der Waals surface area contributed by atoms with Crippen LogP contribution >= 0.6 is 0 Å². The van der Waals surface area contributed by atoms with Crippen molar-refractivity contribution < 1.29 is 13.2 Å². The van der Waals surface area contributed by atoms with Gasteiger partial charge in [0, 0.05) is 29.9 Å². The highest BCUT2D eigenvalue weighted by atomic mass is 32.2. The van der Waals surface area contributed by atoms with E-state index in [4.69, 9.17) is 4.74 Å². The van der Waals surface area contributed by atoms with Crippen LogP contribution in [-0.4, -0.2) is 24.5 Å². The number of hydrogen-bond acceptors (Lipinski definition) is 5. The van der Waals surface area contributed by atoms with Crippen molar-refractivity contribution in [2.45, 2.75) is 50.2 Å². The minimum absolute atomic E-state index is 0.119. The van der Waals surface area contributed by atoms with Gasteiger partial charge in [-0.1, -0.05) is 12.1 Å². The van der Waals surface area contributed by atoms with Gasteiger partial charge in [-0.05, 0) is 62.4 Å². The zero-order chi connectivity index (χ0) is 19.6. The molecule has 0 atom stereocenters. The Bertz CT molecular complexity index is 1090. The van der Waals surface area contributed by atoms with Crippen LogP contribution in [0.1, 0.15) is 36.8 Å². The van der Waals surface area contributed by atoms with Crippen molar-refractivity contribution >= 4 is 20.9 Å². The van der Waals surface area contributed by atoms with E-state index >= 15 is 0 Å². The van der Waals surface area contributed by atoms with Crippen molar-refractivity contribution in [3.8, 4) is 5.88 Å². The van der Waals surface area contributed by atoms with Crippen LogP contribution in [0, 0.1) is 6.92 Å². The lowest BCUT2D eigenvalue weighted by Crippen LogP contribution is -2.24. The zero-order valence-electron chi connectivity index (χ0n) is 15.8. The average molecular weight is 398 g/mol. The highest BCUT2D eigenvalue weighted by molar-refractivity contribution is 7.89. The highest BCUT2D eigenvalue weighted by Crippen LogP contribution is 2.27. The van der Waals surface area contributed by atoms with Gasteiger partial charge in [0.2, 0.25) is 15.9 Å². The second kappa shape index (κ2) is 7.85. The summed E-state index contributed by atoms with van der Waals surface area (Å²) >= 11 is 0. The van der Waals surface area contributed by atoms with Gasteiger partial charge in [-0.2, -0.15) is 0 Å². The Morgan fingerprint density at radius 2 is 1.82 bits per heavy atom. The maximum Gasteiger partial charge on any atom is 0.241 e. The van der Waals surface area contributed by atoms with E-state index in [0.29, 0.717) is 16.8 Å². The molecule has 2 aromatic heterocycles. The summed E-state index contributed by atoms with van der Waals surface area (Å²) in [5.41, 5.74) is 2.36. The van der Waals surface area contributed by atoms with Gasteiger partial charge >= 0.3 is 0 Å². The maximum absolute atomic E-state index is 13.0. The predicted molar refractivity (Wildman–Crippen MR) is 108 cm³/mol. The maximum atomic E-state index is 13.0. The number of aromatic nitrogens is 2. The Hall–Kier alpha value is -2.51. The van der Waals surface area contributed by atoms with Crippen molar-refractivity contribution in [1.29, 1.82) is 0 Å². The minimum atomic E-state index is -3.72. The number of fused-ring (bicyclic) bond motifs is 1. The molecule has 0 amide bonds. The Morgan fingerprint density at radius 1 is 1.07 bits per heavy atom. The van der Waals surface area contributed by atoms with Crippen molar-refractivity contribution in [1.82, 2.24) is 14.7 Å². The smallest absolute Gasteiger partial charge is 0.241 e. The molecule has 0 bridgehead atoms. The SMILES string of the molecule is Cc1ccc(S(=O)(=O)NCc2cccnc2OC2CCCC2)c2cccnc12. The molecule has 2 heterocycles. The van der Waals surface area contributed by atoms with Gasteiger partial charge in [0.05, 0.1) is 10.4 Å². The lowest BCUT2D eigenvalue weighted by atomic mass is 10.1. The molecule has 0 unspecified atom stereocenters. The normalized spacial score (nSPS) is 15.2. The van der Waals surface area contributed by atoms with Crippen molar-refractivity contribution in [2.24, 2.45) is 0 Å². The fourth-order valence-corrected chi connectivity index (χ4v) is 4.80. The zero-order valence-corrected chi connectivity index (χ0v) is 16.6. The molecule has 28 heavy (non-hydrogen) atoms. The second-order valence-electron chi connectivity index (χ2n) is 7.10. The van der Waals surface area contributed by atoms with Crippen LogP contribution in [0.4, 0.5) is 0 Å². The van der Waals surface area contributed by atoms with Gasteiger partial charge in [0.25, 0.3) is 0 Å². The molecular weight excluding hydrogens is 374 g/mol. The first-order valence-corrected chi connectivity index (χ1v) is 11.0. The van der Waals surface area contributed by atoms with Crippen LogP contribution in [0.3, 0.4) is 0 Å². The number of ether oxygens (including phenoxy) is 1. The molecule has 1 aliphatic carbocycles. The van der Waals surface area contributed by atoms with E-state index in [-0.39, 0.29) is 17.5 Å². The fraction of sp³-hybridized carbons (Fsp3) is 0.333. The molecule has 3 aromatic rings. The fourth-order valence-electron chi connectivity index (χ4n) is 3.60. The molecule has 1 saturated carbocycles. The first-order chi connectivity index (χ1) is 13.5. The molecule has 0 aliphatic heterocycles. The van der Waals surface area contributed by atoms with E-state index in [9.17, 15) is 8.42 Å². The van der Waals surface area contributed by atoms with Crippen molar-refractivity contribution in [2.75, 3.05) is 0 Å². The second-order valence-corrected chi connectivity index (χ2v) is 8.83. The quantitative estimate of drug-likeness (QED) is 0.685. The number of benzene rings is 1. The summed E-state index contributed by atoms with van der Waals surface area (Å²) in [4.78, 5) is 8.86. The molecule has 1 N–H and O–H groups in total. The molecule has 0 radical (unpaired) electrons. The van der Waals surface area contributed by atoms with Crippen LogP contribution in [0.15, 0.2) is 53.7 Å². The van der Waals surface area contributed by atoms with Crippen LogP contribution in [0.25, 0.3) is 10.9 Å². The molecule has 1 fully saturated rings. The van der Waals surface area contributed by atoms with Crippen LogP contribution in [0.2, 0.25) is 0 Å². The molecule has 0 saturated heterocycles. The van der Waals surface area contributed by atoms with Crippen molar-refractivity contribution in [3.63, 3.8) is 0 Å². The first-order valence-electron chi connectivity index (χ1n) is 9.49. The first kappa shape index (κ1) is 18.8. The van der Waals surface area contributed by atoms with Crippen LogP contribution in [0.5, 0.6) is 5.88 Å². The van der Waals surface area contributed by atoms with Gasteiger partial charge in [-0.3, -0.25) is 4.98 Å². The van der Waals surface area contributed by atoms with E-state index in [1.165, 1.54) is 0 Å². The molecule has 6 nitrogen and oxygen atoms in total. The molecule has 1 aliphatic rings. The number of aryl methyl sites for hydroxylation is 1. The summed E-state index contributed by atoms with van der Waals surface area (Å²) in [6.45, 7) is 2.04. The average Bonchev–Trinajstić information content (AvgIpc) is 3.21. The van der Waals surface area contributed by atoms with E-state index < -0.39 is 10.0 Å². The Labute approximate surface area is 165 Å². The minimum Gasteiger partial charge on any atom is -0.474 e. The highest BCUT2D eigenvalue weighted by Gasteiger charge is 2.21. The standard InChI is InChI=1S/C21H23N3O3S/c1-15-10-11-19(18-9-5-12-22-20(15)18)28(25,26)24-14-16-6-4-13-23-21(16)27-17-7-2-3-8-17/h4-6,9-13,17,24H,2-3,7-8,14H2,1H3. The molecule has 146 valence electrons. The van der Waals surface area contributed by atoms with Gasteiger partial charge in [0.15, 0.2) is 0 Å². The Balaban J connectivity index is 1.58. The molecule has 4 rings (SSSR count). The number of pyridine rings is 2. The van der Waals surface area contributed by atoms with E-state index in [1.54, 1.807) is 42.7 Å². The summed E-state index contributed by atoms with van der Waals surface area (Å²) in [6, 6.07) is 10.6. The van der Waals surface area contributed by atoms with E-state index in [0.717, 1.165) is 36.8 Å². The van der Waals surface area contributed by atoms with E-state index in [1.807, 2.05) is 13.0 Å². The van der Waals surface area contributed by atoms with Crippen LogP contribution in [-0.2, 0) is 16.6 Å². The summed E-state index contributed by atoms with van der Waals surface area (Å²) < 4.78 is 34.7. The van der Waals surface area contributed by atoms with Gasteiger partial charge < -0.3 is 4.74 Å². The number of sulfonamides is 1. The number of nitrogens with zero attached hydrogens (tertiary/aromatic N) is 2. The lowest BCUT2D eigenvalue weighted by Gasteiger charge is -2.16. The molecule has 1 aromatic carbocycles. The number of hydrogen-bond donors (Lipinski definition) is 1. The predicted octanol–water partition coefficient (Wildman–Crippen LogP) is 3.74. The molecule has 0 spiro atoms. The third-order valence-electron chi connectivity index (χ3n) is 5.10. The monoisotopic (exact) mass is 397 g/mol. The number of rotatable bonds is 6.